The molecule has 1 saturated heterocycles. The summed E-state index contributed by atoms with van der Waals surface area (Å²) in [4.78, 5) is 2.47. The molecule has 5 heteroatoms. The summed E-state index contributed by atoms with van der Waals surface area (Å²) in [5, 5.41) is 8.54. The minimum absolute atomic E-state index is 0.468. The Balaban J connectivity index is 1.80. The van der Waals surface area contributed by atoms with Crippen molar-refractivity contribution in [1.29, 1.82) is 0 Å². The van der Waals surface area contributed by atoms with Crippen molar-refractivity contribution >= 4 is 21.7 Å². The molecule has 1 atom stereocenters. The lowest BCUT2D eigenvalue weighted by molar-refractivity contribution is 0.182. The fraction of sp³-hybridized carbons (Fsp3) is 0.471. The number of fused-ring (bicyclic) bond motifs is 1. The van der Waals surface area contributed by atoms with E-state index >= 15 is 0 Å². The third-order valence-electron chi connectivity index (χ3n) is 4.82. The van der Waals surface area contributed by atoms with Crippen molar-refractivity contribution < 1.29 is 0 Å². The zero-order chi connectivity index (χ0) is 15.1. The molecule has 1 aromatic carbocycles. The summed E-state index contributed by atoms with van der Waals surface area (Å²) in [5.74, 6) is 1.19. The van der Waals surface area contributed by atoms with Gasteiger partial charge in [0.2, 0.25) is 0 Å². The predicted octanol–water partition coefficient (Wildman–Crippen LogP) is 3.76. The average molecular weight is 361 g/mol. The second-order valence-corrected chi connectivity index (χ2v) is 7.19. The molecule has 1 unspecified atom stereocenters. The molecule has 2 aromatic rings. The van der Waals surface area contributed by atoms with Crippen LogP contribution in [0.4, 0.5) is 5.82 Å². The molecule has 0 saturated carbocycles. The Kier molecular flexibility index (Phi) is 3.70. The van der Waals surface area contributed by atoms with Gasteiger partial charge in [-0.1, -0.05) is 28.4 Å². The highest BCUT2D eigenvalue weighted by atomic mass is 79.9. The Labute approximate surface area is 139 Å². The van der Waals surface area contributed by atoms with Gasteiger partial charge in [0.1, 0.15) is 5.82 Å². The molecule has 1 fully saturated rings. The largest absolute Gasteiger partial charge is 0.369 e. The maximum atomic E-state index is 5.01. The van der Waals surface area contributed by atoms with E-state index < -0.39 is 0 Å². The fourth-order valence-corrected chi connectivity index (χ4v) is 4.07. The van der Waals surface area contributed by atoms with Gasteiger partial charge in [0.25, 0.3) is 0 Å². The lowest BCUT2D eigenvalue weighted by Gasteiger charge is -2.31. The fourth-order valence-electron chi connectivity index (χ4n) is 3.68. The molecule has 116 valence electrons. The average Bonchev–Trinajstić information content (AvgIpc) is 3.10. The molecule has 2 aliphatic rings. The number of anilines is 1. The normalized spacial score (nSPS) is 21.6. The number of nitrogens with one attached hydrogen (secondary N) is 1. The van der Waals surface area contributed by atoms with Crippen LogP contribution in [0.15, 0.2) is 28.7 Å². The number of rotatable bonds is 2. The third kappa shape index (κ3) is 2.36. The van der Waals surface area contributed by atoms with Gasteiger partial charge in [0.15, 0.2) is 0 Å². The first-order chi connectivity index (χ1) is 10.7. The molecule has 0 spiro atoms. The van der Waals surface area contributed by atoms with Crippen molar-refractivity contribution in [3.05, 3.63) is 40.0 Å². The third-order valence-corrected chi connectivity index (χ3v) is 5.31. The number of halogens is 1. The molecule has 1 N–H and O–H groups in total. The van der Waals surface area contributed by atoms with E-state index in [1.54, 1.807) is 0 Å². The summed E-state index contributed by atoms with van der Waals surface area (Å²) in [7, 11) is 2.23. The van der Waals surface area contributed by atoms with E-state index in [1.165, 1.54) is 42.9 Å². The van der Waals surface area contributed by atoms with Crippen molar-refractivity contribution in [1.82, 2.24) is 14.7 Å². The minimum atomic E-state index is 0.468. The molecule has 0 radical (unpaired) electrons. The van der Waals surface area contributed by atoms with Gasteiger partial charge in [-0.3, -0.25) is 4.90 Å². The van der Waals surface area contributed by atoms with Gasteiger partial charge in [0, 0.05) is 16.6 Å². The van der Waals surface area contributed by atoms with Crippen LogP contribution >= 0.6 is 15.9 Å². The van der Waals surface area contributed by atoms with Crippen molar-refractivity contribution in [3.8, 4) is 5.69 Å². The van der Waals surface area contributed by atoms with Crippen LogP contribution < -0.4 is 5.32 Å². The van der Waals surface area contributed by atoms with Crippen molar-refractivity contribution in [2.24, 2.45) is 0 Å². The topological polar surface area (TPSA) is 33.1 Å². The molecule has 4 nitrogen and oxygen atoms in total. The van der Waals surface area contributed by atoms with Crippen molar-refractivity contribution in [2.45, 2.75) is 31.7 Å². The van der Waals surface area contributed by atoms with Gasteiger partial charge in [-0.05, 0) is 51.1 Å². The summed E-state index contributed by atoms with van der Waals surface area (Å²) < 4.78 is 3.17. The van der Waals surface area contributed by atoms with E-state index in [9.17, 15) is 0 Å². The molecule has 4 rings (SSSR count). The molecular weight excluding hydrogens is 340 g/mol. The number of benzene rings is 1. The Bertz CT molecular complexity index is 694. The SMILES string of the molecule is CN1CCCCC1c1nn(-c2cccc(Br)c2)c2c1CCN2. The second kappa shape index (κ2) is 5.70. The highest BCUT2D eigenvalue weighted by Crippen LogP contribution is 2.37. The van der Waals surface area contributed by atoms with Crippen molar-refractivity contribution in [3.63, 3.8) is 0 Å². The van der Waals surface area contributed by atoms with E-state index in [4.69, 9.17) is 5.10 Å². The maximum absolute atomic E-state index is 5.01. The van der Waals surface area contributed by atoms with Crippen LogP contribution in [0.1, 0.15) is 36.6 Å². The van der Waals surface area contributed by atoms with E-state index in [1.807, 2.05) is 0 Å². The Hall–Kier alpha value is -1.33. The minimum Gasteiger partial charge on any atom is -0.369 e. The number of piperidine rings is 1. The maximum Gasteiger partial charge on any atom is 0.133 e. The highest BCUT2D eigenvalue weighted by molar-refractivity contribution is 9.10. The van der Waals surface area contributed by atoms with E-state index in [0.717, 1.165) is 23.1 Å². The first-order valence-electron chi connectivity index (χ1n) is 8.06. The Morgan fingerprint density at radius 2 is 2.23 bits per heavy atom. The lowest BCUT2D eigenvalue weighted by Crippen LogP contribution is -2.30. The lowest BCUT2D eigenvalue weighted by atomic mass is 9.97. The van der Waals surface area contributed by atoms with Crippen LogP contribution in [0.3, 0.4) is 0 Å². The van der Waals surface area contributed by atoms with E-state index in [2.05, 4.69) is 62.1 Å². The van der Waals surface area contributed by atoms with Crippen LogP contribution in [0.25, 0.3) is 5.69 Å². The predicted molar refractivity (Wildman–Crippen MR) is 92.7 cm³/mol. The van der Waals surface area contributed by atoms with Crippen LogP contribution in [-0.2, 0) is 6.42 Å². The van der Waals surface area contributed by atoms with Gasteiger partial charge in [0.05, 0.1) is 17.4 Å². The van der Waals surface area contributed by atoms with Crippen LogP contribution in [0.2, 0.25) is 0 Å². The molecular formula is C17H21BrN4. The number of likely N-dealkylation sites (tertiary alicyclic amines) is 1. The van der Waals surface area contributed by atoms with E-state index in [0.29, 0.717) is 6.04 Å². The number of hydrogen-bond donors (Lipinski definition) is 1. The van der Waals surface area contributed by atoms with Gasteiger partial charge < -0.3 is 5.32 Å². The van der Waals surface area contributed by atoms with Gasteiger partial charge >= 0.3 is 0 Å². The quantitative estimate of drug-likeness (QED) is 0.884. The summed E-state index contributed by atoms with van der Waals surface area (Å²) >= 11 is 3.56. The summed E-state index contributed by atoms with van der Waals surface area (Å²) in [6, 6.07) is 8.83. The van der Waals surface area contributed by atoms with Crippen LogP contribution in [-0.4, -0.2) is 34.8 Å². The van der Waals surface area contributed by atoms with Gasteiger partial charge in [-0.15, -0.1) is 0 Å². The van der Waals surface area contributed by atoms with E-state index in [-0.39, 0.29) is 0 Å². The molecule has 0 aliphatic carbocycles. The number of aromatic nitrogens is 2. The number of hydrogen-bond acceptors (Lipinski definition) is 3. The van der Waals surface area contributed by atoms with Crippen molar-refractivity contribution in [2.75, 3.05) is 25.5 Å². The molecule has 1 aromatic heterocycles. The smallest absolute Gasteiger partial charge is 0.133 e. The monoisotopic (exact) mass is 360 g/mol. The summed E-state index contributed by atoms with van der Waals surface area (Å²) in [6.45, 7) is 2.20. The molecule has 2 aliphatic heterocycles. The van der Waals surface area contributed by atoms with Gasteiger partial charge in [-0.25, -0.2) is 4.68 Å². The first-order valence-corrected chi connectivity index (χ1v) is 8.85. The zero-order valence-electron chi connectivity index (χ0n) is 12.8. The standard InChI is InChI=1S/C17H21BrN4/c1-21-10-3-2-7-15(21)16-14-8-9-19-17(14)22(20-16)13-6-4-5-12(18)11-13/h4-6,11,15,19H,2-3,7-10H2,1H3. The molecule has 3 heterocycles. The van der Waals surface area contributed by atoms with Crippen LogP contribution in [0, 0.1) is 0 Å². The summed E-state index contributed by atoms with van der Waals surface area (Å²) in [6.07, 6.45) is 4.92. The second-order valence-electron chi connectivity index (χ2n) is 6.27. The molecule has 0 amide bonds. The zero-order valence-corrected chi connectivity index (χ0v) is 14.4. The van der Waals surface area contributed by atoms with Gasteiger partial charge in [-0.2, -0.15) is 5.10 Å². The highest BCUT2D eigenvalue weighted by Gasteiger charge is 2.31. The number of nitrogens with zero attached hydrogens (tertiary/aromatic N) is 3. The summed E-state index contributed by atoms with van der Waals surface area (Å²) in [5.41, 5.74) is 3.81. The Morgan fingerprint density at radius 1 is 1.32 bits per heavy atom. The first kappa shape index (κ1) is 14.3. The van der Waals surface area contributed by atoms with Crippen LogP contribution in [0.5, 0.6) is 0 Å². The molecule has 0 bridgehead atoms. The Morgan fingerprint density at radius 3 is 3.05 bits per heavy atom. The molecule has 22 heavy (non-hydrogen) atoms.